The average molecular weight is 410 g/mol. The van der Waals surface area contributed by atoms with Crippen LogP contribution < -0.4 is 0 Å². The third kappa shape index (κ3) is 8.75. The van der Waals surface area contributed by atoms with Gasteiger partial charge in [0, 0.05) is 13.3 Å². The fraction of sp³-hybridized carbons (Fsp3) is 1.00. The zero-order chi connectivity index (χ0) is 18.7. The van der Waals surface area contributed by atoms with Gasteiger partial charge in [-0.1, -0.05) is 46.0 Å². The van der Waals surface area contributed by atoms with Crippen LogP contribution in [0.3, 0.4) is 0 Å². The van der Waals surface area contributed by atoms with Crippen LogP contribution in [0.5, 0.6) is 0 Å². The molecule has 0 atom stereocenters. The van der Waals surface area contributed by atoms with Crippen LogP contribution >= 0.6 is 17.0 Å². The molecule has 0 aromatic heterocycles. The molecule has 2 aliphatic heterocycles. The summed E-state index contributed by atoms with van der Waals surface area (Å²) in [5.41, 5.74) is -0.176. The minimum Gasteiger partial charge on any atom is -0.384 e. The maximum absolute atomic E-state index is 5.84. The SMILES string of the molecule is COCCP1OCC2(CO1)COP(OCCCCCCCC(C)C)OC2. The Hall–Kier alpha value is 0.620. The summed E-state index contributed by atoms with van der Waals surface area (Å²) in [6.45, 7) is 8.39. The molecule has 0 N–H and O–H groups in total. The molecule has 26 heavy (non-hydrogen) atoms. The van der Waals surface area contributed by atoms with E-state index in [1.165, 1.54) is 32.1 Å². The number of hydrogen-bond donors (Lipinski definition) is 0. The summed E-state index contributed by atoms with van der Waals surface area (Å²) in [5, 5.41) is 0. The lowest BCUT2D eigenvalue weighted by atomic mass is 9.93. The predicted molar refractivity (Wildman–Crippen MR) is 105 cm³/mol. The van der Waals surface area contributed by atoms with Crippen molar-refractivity contribution in [1.82, 2.24) is 0 Å². The molecule has 0 aromatic carbocycles. The molecule has 154 valence electrons. The number of methoxy groups -OCH3 is 1. The van der Waals surface area contributed by atoms with Crippen LogP contribution in [0.15, 0.2) is 0 Å². The molecule has 1 spiro atoms. The molecule has 2 heterocycles. The van der Waals surface area contributed by atoms with Crippen molar-refractivity contribution in [3.8, 4) is 0 Å². The van der Waals surface area contributed by atoms with E-state index in [0.717, 1.165) is 25.1 Å². The van der Waals surface area contributed by atoms with Crippen molar-refractivity contribution < 1.29 is 27.4 Å². The third-order valence-electron chi connectivity index (χ3n) is 4.58. The Morgan fingerprint density at radius 2 is 1.46 bits per heavy atom. The molecular formula is C18H36O6P2. The number of rotatable bonds is 12. The first-order valence-corrected chi connectivity index (χ1v) is 12.3. The lowest BCUT2D eigenvalue weighted by Gasteiger charge is -2.42. The summed E-state index contributed by atoms with van der Waals surface area (Å²) < 4.78 is 34.1. The number of unbranched alkanes of at least 4 members (excludes halogenated alkanes) is 4. The van der Waals surface area contributed by atoms with Gasteiger partial charge in [-0.3, -0.25) is 0 Å². The molecule has 0 aromatic rings. The largest absolute Gasteiger partial charge is 0.384 e. The van der Waals surface area contributed by atoms with E-state index in [1.54, 1.807) is 7.11 Å². The van der Waals surface area contributed by atoms with Crippen molar-refractivity contribution in [1.29, 1.82) is 0 Å². The fourth-order valence-corrected chi connectivity index (χ4v) is 5.58. The number of ether oxygens (including phenoxy) is 1. The van der Waals surface area contributed by atoms with Crippen LogP contribution in [-0.4, -0.2) is 52.9 Å². The van der Waals surface area contributed by atoms with Crippen molar-refractivity contribution in [3.05, 3.63) is 0 Å². The van der Waals surface area contributed by atoms with Crippen LogP contribution in [-0.2, 0) is 27.4 Å². The highest BCUT2D eigenvalue weighted by molar-refractivity contribution is 7.47. The molecule has 2 fully saturated rings. The topological polar surface area (TPSA) is 55.4 Å². The molecule has 0 bridgehead atoms. The van der Waals surface area contributed by atoms with Crippen LogP contribution in [0.2, 0.25) is 0 Å². The quantitative estimate of drug-likeness (QED) is 0.323. The zero-order valence-electron chi connectivity index (χ0n) is 16.6. The lowest BCUT2D eigenvalue weighted by molar-refractivity contribution is -0.0658. The molecular weight excluding hydrogens is 374 g/mol. The molecule has 6 nitrogen and oxygen atoms in total. The van der Waals surface area contributed by atoms with E-state index in [1.807, 2.05) is 0 Å². The van der Waals surface area contributed by atoms with E-state index in [0.29, 0.717) is 33.0 Å². The van der Waals surface area contributed by atoms with Gasteiger partial charge in [-0.2, -0.15) is 0 Å². The van der Waals surface area contributed by atoms with E-state index in [9.17, 15) is 0 Å². The third-order valence-corrected chi connectivity index (χ3v) is 7.04. The van der Waals surface area contributed by atoms with Gasteiger partial charge >= 0.3 is 8.60 Å². The summed E-state index contributed by atoms with van der Waals surface area (Å²) in [7, 11) is -0.336. The first-order valence-electron chi connectivity index (χ1n) is 9.85. The summed E-state index contributed by atoms with van der Waals surface area (Å²) in [6, 6.07) is 0. The van der Waals surface area contributed by atoms with E-state index in [4.69, 9.17) is 27.4 Å². The summed E-state index contributed by atoms with van der Waals surface area (Å²) in [5.74, 6) is 0.822. The van der Waals surface area contributed by atoms with Gasteiger partial charge in [0.15, 0.2) is 8.38 Å². The molecule has 0 amide bonds. The van der Waals surface area contributed by atoms with Gasteiger partial charge in [0.2, 0.25) is 0 Å². The van der Waals surface area contributed by atoms with Gasteiger partial charge in [0.1, 0.15) is 0 Å². The molecule has 0 saturated carbocycles. The summed E-state index contributed by atoms with van der Waals surface area (Å²) in [6.07, 6.45) is 8.42. The molecule has 8 heteroatoms. The van der Waals surface area contributed by atoms with E-state index in [-0.39, 0.29) is 5.41 Å². The van der Waals surface area contributed by atoms with Crippen LogP contribution in [0.25, 0.3) is 0 Å². The highest BCUT2D eigenvalue weighted by atomic mass is 31.2. The standard InChI is InChI=1S/C18H36O6P2/c1-17(2)9-7-5-4-6-8-10-20-26-23-15-18(16-24-26)13-21-25(22-14-18)12-11-19-3/h17H,4-16H2,1-3H3. The predicted octanol–water partition coefficient (Wildman–Crippen LogP) is 5.26. The smallest absolute Gasteiger partial charge is 0.332 e. The van der Waals surface area contributed by atoms with Crippen molar-refractivity contribution in [2.75, 3.05) is 52.9 Å². The lowest BCUT2D eigenvalue weighted by Crippen LogP contribution is -2.44. The monoisotopic (exact) mass is 410 g/mol. The van der Waals surface area contributed by atoms with Gasteiger partial charge in [0.05, 0.1) is 45.1 Å². The average Bonchev–Trinajstić information content (AvgIpc) is 2.65. The first-order chi connectivity index (χ1) is 12.6. The van der Waals surface area contributed by atoms with Crippen molar-refractivity contribution in [2.24, 2.45) is 11.3 Å². The van der Waals surface area contributed by atoms with Crippen LogP contribution in [0, 0.1) is 11.3 Å². The highest BCUT2D eigenvalue weighted by Gasteiger charge is 2.43. The Bertz CT molecular complexity index is 354. The zero-order valence-corrected chi connectivity index (χ0v) is 18.4. The summed E-state index contributed by atoms with van der Waals surface area (Å²) in [4.78, 5) is 0. The Morgan fingerprint density at radius 1 is 0.846 bits per heavy atom. The van der Waals surface area contributed by atoms with E-state index >= 15 is 0 Å². The minimum absolute atomic E-state index is 0.176. The second kappa shape index (κ2) is 13.0. The van der Waals surface area contributed by atoms with Crippen molar-refractivity contribution >= 4 is 17.0 Å². The molecule has 0 unspecified atom stereocenters. The first kappa shape index (κ1) is 22.9. The molecule has 2 saturated heterocycles. The molecule has 2 aliphatic rings. The fourth-order valence-electron chi connectivity index (χ4n) is 2.82. The van der Waals surface area contributed by atoms with Gasteiger partial charge in [0.25, 0.3) is 0 Å². The van der Waals surface area contributed by atoms with Gasteiger partial charge in [-0.05, 0) is 12.3 Å². The Labute approximate surface area is 161 Å². The van der Waals surface area contributed by atoms with Gasteiger partial charge in [-0.25, -0.2) is 0 Å². The van der Waals surface area contributed by atoms with Gasteiger partial charge in [-0.15, -0.1) is 0 Å². The summed E-state index contributed by atoms with van der Waals surface area (Å²) >= 11 is 0. The van der Waals surface area contributed by atoms with Crippen molar-refractivity contribution in [3.63, 3.8) is 0 Å². The minimum atomic E-state index is -1.21. The molecule has 0 aliphatic carbocycles. The van der Waals surface area contributed by atoms with Crippen molar-refractivity contribution in [2.45, 2.75) is 52.4 Å². The van der Waals surface area contributed by atoms with E-state index in [2.05, 4.69) is 13.8 Å². The Kier molecular flexibility index (Phi) is 11.4. The van der Waals surface area contributed by atoms with E-state index < -0.39 is 17.0 Å². The van der Waals surface area contributed by atoms with Crippen LogP contribution in [0.1, 0.15) is 52.4 Å². The second-order valence-corrected chi connectivity index (χ2v) is 10.5. The van der Waals surface area contributed by atoms with Gasteiger partial charge < -0.3 is 27.4 Å². The number of hydrogen-bond acceptors (Lipinski definition) is 6. The molecule has 2 rings (SSSR count). The maximum atomic E-state index is 5.84. The highest BCUT2D eigenvalue weighted by Crippen LogP contribution is 2.52. The Balaban J connectivity index is 1.47. The molecule has 0 radical (unpaired) electrons. The van der Waals surface area contributed by atoms with Crippen LogP contribution in [0.4, 0.5) is 0 Å². The second-order valence-electron chi connectivity index (χ2n) is 7.65. The normalized spacial score (nSPS) is 29.5. The Morgan fingerprint density at radius 3 is 2.12 bits per heavy atom. The maximum Gasteiger partial charge on any atom is 0.332 e.